The standard InChI is InChI=1S/C22H17N3O4/c1-13-6-9-18-20(10-13)29-22(24-18)16-8-7-14(2)19(12-16)23-21(26)15-4-3-5-17(11-15)25(27)28/h3-12H,1-2H3,(H,23,26). The van der Waals surface area contributed by atoms with E-state index in [0.29, 0.717) is 17.2 Å². The Morgan fingerprint density at radius 2 is 1.90 bits per heavy atom. The summed E-state index contributed by atoms with van der Waals surface area (Å²) >= 11 is 0. The number of carbonyl (C=O) groups is 1. The number of benzene rings is 3. The van der Waals surface area contributed by atoms with Crippen LogP contribution in [-0.4, -0.2) is 15.8 Å². The molecular formula is C22H17N3O4. The van der Waals surface area contributed by atoms with Crippen molar-refractivity contribution in [2.24, 2.45) is 0 Å². The van der Waals surface area contributed by atoms with E-state index in [-0.39, 0.29) is 11.3 Å². The van der Waals surface area contributed by atoms with Gasteiger partial charge in [-0.15, -0.1) is 0 Å². The maximum Gasteiger partial charge on any atom is 0.270 e. The number of carbonyl (C=O) groups excluding carboxylic acids is 1. The number of fused-ring (bicyclic) bond motifs is 1. The topological polar surface area (TPSA) is 98.3 Å². The Morgan fingerprint density at radius 3 is 2.69 bits per heavy atom. The molecule has 3 aromatic carbocycles. The van der Waals surface area contributed by atoms with Crippen molar-refractivity contribution in [3.05, 3.63) is 87.5 Å². The molecule has 0 spiro atoms. The van der Waals surface area contributed by atoms with Crippen LogP contribution in [0.15, 0.2) is 65.1 Å². The summed E-state index contributed by atoms with van der Waals surface area (Å²) in [6.07, 6.45) is 0. The molecule has 0 saturated carbocycles. The Morgan fingerprint density at radius 1 is 1.07 bits per heavy atom. The van der Waals surface area contributed by atoms with Gasteiger partial charge in [0, 0.05) is 28.9 Å². The molecule has 0 saturated heterocycles. The number of nitro benzene ring substituents is 1. The lowest BCUT2D eigenvalue weighted by Crippen LogP contribution is -2.13. The highest BCUT2D eigenvalue weighted by molar-refractivity contribution is 6.05. The molecule has 0 unspecified atom stereocenters. The lowest BCUT2D eigenvalue weighted by molar-refractivity contribution is -0.384. The number of nitrogens with one attached hydrogen (secondary N) is 1. The Kier molecular flexibility index (Phi) is 4.56. The molecule has 0 atom stereocenters. The van der Waals surface area contributed by atoms with Gasteiger partial charge < -0.3 is 9.73 Å². The van der Waals surface area contributed by atoms with Gasteiger partial charge in [-0.3, -0.25) is 14.9 Å². The first-order valence-electron chi connectivity index (χ1n) is 8.95. The zero-order valence-electron chi connectivity index (χ0n) is 15.8. The van der Waals surface area contributed by atoms with Gasteiger partial charge in [-0.05, 0) is 55.3 Å². The molecule has 1 aromatic heterocycles. The molecule has 144 valence electrons. The van der Waals surface area contributed by atoms with Crippen LogP contribution >= 0.6 is 0 Å². The van der Waals surface area contributed by atoms with Gasteiger partial charge in [0.25, 0.3) is 11.6 Å². The van der Waals surface area contributed by atoms with E-state index in [4.69, 9.17) is 4.42 Å². The van der Waals surface area contributed by atoms with Crippen LogP contribution in [0, 0.1) is 24.0 Å². The van der Waals surface area contributed by atoms with Gasteiger partial charge in [-0.2, -0.15) is 0 Å². The number of non-ortho nitro benzene ring substituents is 1. The predicted octanol–water partition coefficient (Wildman–Crippen LogP) is 5.27. The minimum Gasteiger partial charge on any atom is -0.436 e. The van der Waals surface area contributed by atoms with Gasteiger partial charge >= 0.3 is 0 Å². The van der Waals surface area contributed by atoms with Crippen molar-refractivity contribution in [3.63, 3.8) is 0 Å². The maximum absolute atomic E-state index is 12.6. The van der Waals surface area contributed by atoms with E-state index in [1.165, 1.54) is 24.3 Å². The quantitative estimate of drug-likeness (QED) is 0.380. The molecule has 1 heterocycles. The first-order chi connectivity index (χ1) is 13.9. The molecule has 1 N–H and O–H groups in total. The van der Waals surface area contributed by atoms with E-state index >= 15 is 0 Å². The fraction of sp³-hybridized carbons (Fsp3) is 0.0909. The Bertz CT molecular complexity index is 1260. The van der Waals surface area contributed by atoms with Crippen LogP contribution in [0.25, 0.3) is 22.6 Å². The maximum atomic E-state index is 12.6. The van der Waals surface area contributed by atoms with Crippen LogP contribution in [0.2, 0.25) is 0 Å². The average molecular weight is 387 g/mol. The van der Waals surface area contributed by atoms with Crippen LogP contribution in [0.5, 0.6) is 0 Å². The third kappa shape index (κ3) is 3.70. The molecule has 0 radical (unpaired) electrons. The van der Waals surface area contributed by atoms with Gasteiger partial charge in [-0.25, -0.2) is 4.98 Å². The van der Waals surface area contributed by atoms with Crippen molar-refractivity contribution in [1.82, 2.24) is 4.98 Å². The van der Waals surface area contributed by atoms with E-state index in [0.717, 1.165) is 22.2 Å². The molecule has 0 aliphatic heterocycles. The molecule has 1 amide bonds. The summed E-state index contributed by atoms with van der Waals surface area (Å²) in [5.41, 5.74) is 4.76. The summed E-state index contributed by atoms with van der Waals surface area (Å²) in [4.78, 5) is 27.5. The second-order valence-electron chi connectivity index (χ2n) is 6.78. The lowest BCUT2D eigenvalue weighted by atomic mass is 10.1. The first-order valence-corrected chi connectivity index (χ1v) is 8.95. The molecule has 7 heteroatoms. The number of nitrogens with zero attached hydrogens (tertiary/aromatic N) is 2. The number of amides is 1. The monoisotopic (exact) mass is 387 g/mol. The Hall–Kier alpha value is -4.00. The van der Waals surface area contributed by atoms with E-state index in [1.807, 2.05) is 44.2 Å². The molecular weight excluding hydrogens is 370 g/mol. The zero-order chi connectivity index (χ0) is 20.5. The smallest absolute Gasteiger partial charge is 0.270 e. The third-order valence-electron chi connectivity index (χ3n) is 4.60. The van der Waals surface area contributed by atoms with Crippen LogP contribution < -0.4 is 5.32 Å². The lowest BCUT2D eigenvalue weighted by Gasteiger charge is -2.09. The highest BCUT2D eigenvalue weighted by Gasteiger charge is 2.14. The van der Waals surface area contributed by atoms with Gasteiger partial charge in [-0.1, -0.05) is 18.2 Å². The summed E-state index contributed by atoms with van der Waals surface area (Å²) in [5.74, 6) is 0.0265. The van der Waals surface area contributed by atoms with Crippen molar-refractivity contribution in [2.75, 3.05) is 5.32 Å². The predicted molar refractivity (Wildman–Crippen MR) is 110 cm³/mol. The Labute approximate surface area is 166 Å². The second kappa shape index (κ2) is 7.20. The number of rotatable bonds is 4. The van der Waals surface area contributed by atoms with Crippen molar-refractivity contribution >= 4 is 28.4 Å². The fourth-order valence-corrected chi connectivity index (χ4v) is 3.00. The second-order valence-corrected chi connectivity index (χ2v) is 6.78. The SMILES string of the molecule is Cc1ccc2nc(-c3ccc(C)c(NC(=O)c4cccc([N+](=O)[O-])c4)c3)oc2c1. The number of aromatic nitrogens is 1. The number of oxazole rings is 1. The number of anilines is 1. The van der Waals surface area contributed by atoms with Gasteiger partial charge in [0.15, 0.2) is 5.58 Å². The molecule has 0 aliphatic rings. The summed E-state index contributed by atoms with van der Waals surface area (Å²) in [5, 5.41) is 13.8. The number of hydrogen-bond acceptors (Lipinski definition) is 5. The van der Waals surface area contributed by atoms with E-state index < -0.39 is 10.8 Å². The molecule has 4 rings (SSSR count). The van der Waals surface area contributed by atoms with Crippen molar-refractivity contribution in [3.8, 4) is 11.5 Å². The van der Waals surface area contributed by atoms with Gasteiger partial charge in [0.05, 0.1) is 4.92 Å². The summed E-state index contributed by atoms with van der Waals surface area (Å²) in [6.45, 7) is 3.84. The van der Waals surface area contributed by atoms with Gasteiger partial charge in [0.1, 0.15) is 5.52 Å². The fourth-order valence-electron chi connectivity index (χ4n) is 3.00. The van der Waals surface area contributed by atoms with Crippen LogP contribution in [0.4, 0.5) is 11.4 Å². The van der Waals surface area contributed by atoms with E-state index in [2.05, 4.69) is 10.3 Å². The molecule has 29 heavy (non-hydrogen) atoms. The molecule has 4 aromatic rings. The molecule has 7 nitrogen and oxygen atoms in total. The van der Waals surface area contributed by atoms with Crippen LogP contribution in [-0.2, 0) is 0 Å². The summed E-state index contributed by atoms with van der Waals surface area (Å²) < 4.78 is 5.86. The third-order valence-corrected chi connectivity index (χ3v) is 4.60. The summed E-state index contributed by atoms with van der Waals surface area (Å²) in [7, 11) is 0. The minimum absolute atomic E-state index is 0.134. The highest BCUT2D eigenvalue weighted by atomic mass is 16.6. The van der Waals surface area contributed by atoms with E-state index in [1.54, 1.807) is 6.07 Å². The normalized spacial score (nSPS) is 10.8. The van der Waals surface area contributed by atoms with Crippen molar-refractivity contribution < 1.29 is 14.1 Å². The Balaban J connectivity index is 1.65. The van der Waals surface area contributed by atoms with Crippen molar-refractivity contribution in [1.29, 1.82) is 0 Å². The zero-order valence-corrected chi connectivity index (χ0v) is 15.8. The van der Waals surface area contributed by atoms with Crippen LogP contribution in [0.3, 0.4) is 0 Å². The summed E-state index contributed by atoms with van der Waals surface area (Å²) in [6, 6.07) is 16.9. The molecule has 0 aliphatic carbocycles. The average Bonchev–Trinajstić information content (AvgIpc) is 3.12. The highest BCUT2D eigenvalue weighted by Crippen LogP contribution is 2.28. The molecule has 0 fully saturated rings. The number of aryl methyl sites for hydroxylation is 2. The minimum atomic E-state index is -0.530. The number of hydrogen-bond donors (Lipinski definition) is 1. The van der Waals surface area contributed by atoms with Crippen LogP contribution in [0.1, 0.15) is 21.5 Å². The number of nitro groups is 1. The first kappa shape index (κ1) is 18.4. The largest absolute Gasteiger partial charge is 0.436 e. The van der Waals surface area contributed by atoms with E-state index in [9.17, 15) is 14.9 Å². The van der Waals surface area contributed by atoms with Crippen molar-refractivity contribution in [2.45, 2.75) is 13.8 Å². The molecule has 0 bridgehead atoms. The van der Waals surface area contributed by atoms with Gasteiger partial charge in [0.2, 0.25) is 5.89 Å².